The van der Waals surface area contributed by atoms with Gasteiger partial charge < -0.3 is 10.8 Å². The van der Waals surface area contributed by atoms with Crippen LogP contribution in [0.5, 0.6) is 0 Å². The van der Waals surface area contributed by atoms with Crippen LogP contribution in [0.25, 0.3) is 0 Å². The second-order valence-electron chi connectivity index (χ2n) is 6.04. The molecule has 0 amide bonds. The smallest absolute Gasteiger partial charge is 0.241 e. The van der Waals surface area contributed by atoms with E-state index in [0.29, 0.717) is 17.7 Å². The molecule has 0 saturated carbocycles. The predicted octanol–water partition coefficient (Wildman–Crippen LogP) is 2.31. The van der Waals surface area contributed by atoms with E-state index in [4.69, 9.17) is 17.3 Å². The summed E-state index contributed by atoms with van der Waals surface area (Å²) in [5.41, 5.74) is 5.38. The molecule has 7 heteroatoms. The maximum absolute atomic E-state index is 12.4. The van der Waals surface area contributed by atoms with Gasteiger partial charge in [0.2, 0.25) is 10.0 Å². The molecule has 0 spiro atoms. The summed E-state index contributed by atoms with van der Waals surface area (Å²) in [5, 5.41) is 10.5. The predicted molar refractivity (Wildman–Crippen MR) is 85.9 cm³/mol. The summed E-state index contributed by atoms with van der Waals surface area (Å²) in [6.07, 6.45) is 0.492. The Morgan fingerprint density at radius 1 is 1.43 bits per heavy atom. The van der Waals surface area contributed by atoms with Gasteiger partial charge in [-0.05, 0) is 43.9 Å². The van der Waals surface area contributed by atoms with E-state index in [9.17, 15) is 13.5 Å². The highest BCUT2D eigenvalue weighted by molar-refractivity contribution is 7.89. The molecule has 1 rings (SSSR count). The van der Waals surface area contributed by atoms with E-state index in [1.807, 2.05) is 13.8 Å². The van der Waals surface area contributed by atoms with Gasteiger partial charge in [-0.2, -0.15) is 0 Å². The monoisotopic (exact) mass is 334 g/mol. The highest BCUT2D eigenvalue weighted by Gasteiger charge is 2.26. The van der Waals surface area contributed by atoms with Crippen LogP contribution in [0.3, 0.4) is 0 Å². The minimum atomic E-state index is -3.78. The van der Waals surface area contributed by atoms with Crippen molar-refractivity contribution in [1.82, 2.24) is 4.72 Å². The van der Waals surface area contributed by atoms with Crippen LogP contribution in [0.2, 0.25) is 5.02 Å². The van der Waals surface area contributed by atoms with E-state index in [-0.39, 0.29) is 22.4 Å². The Bertz CT molecular complexity index is 613. The van der Waals surface area contributed by atoms with Crippen LogP contribution >= 0.6 is 11.6 Å². The van der Waals surface area contributed by atoms with Crippen molar-refractivity contribution >= 4 is 27.3 Å². The number of aliphatic hydroxyl groups is 1. The zero-order chi connectivity index (χ0) is 16.4. The fraction of sp³-hybridized carbons (Fsp3) is 0.571. The van der Waals surface area contributed by atoms with Crippen molar-refractivity contribution in [3.05, 3.63) is 22.7 Å². The topological polar surface area (TPSA) is 92.4 Å². The van der Waals surface area contributed by atoms with Gasteiger partial charge in [0.1, 0.15) is 0 Å². The van der Waals surface area contributed by atoms with E-state index in [0.717, 1.165) is 0 Å². The molecule has 0 heterocycles. The van der Waals surface area contributed by atoms with Gasteiger partial charge in [-0.3, -0.25) is 0 Å². The van der Waals surface area contributed by atoms with Gasteiger partial charge in [0.15, 0.2) is 0 Å². The maximum Gasteiger partial charge on any atom is 0.241 e. The van der Waals surface area contributed by atoms with Crippen molar-refractivity contribution in [2.45, 2.75) is 44.6 Å². The van der Waals surface area contributed by atoms with Gasteiger partial charge in [0.25, 0.3) is 0 Å². The van der Waals surface area contributed by atoms with Crippen LogP contribution in [0, 0.1) is 12.8 Å². The lowest BCUT2D eigenvalue weighted by Crippen LogP contribution is -2.41. The second-order valence-corrected chi connectivity index (χ2v) is 8.21. The maximum atomic E-state index is 12.4. The van der Waals surface area contributed by atoms with Gasteiger partial charge in [-0.1, -0.05) is 25.4 Å². The minimum Gasteiger partial charge on any atom is -0.398 e. The van der Waals surface area contributed by atoms with E-state index in [2.05, 4.69) is 4.72 Å². The van der Waals surface area contributed by atoms with E-state index in [1.54, 1.807) is 13.8 Å². The van der Waals surface area contributed by atoms with Gasteiger partial charge in [0, 0.05) is 17.3 Å². The Morgan fingerprint density at radius 2 is 2.00 bits per heavy atom. The third kappa shape index (κ3) is 5.14. The zero-order valence-electron chi connectivity index (χ0n) is 12.8. The standard InChI is InChI=1S/C14H23ClN2O3S/c1-9(2)7-14(4,18)8-17-21(19,20)13-6-11(15)5-12(16)10(13)3/h5-6,9,17-18H,7-8,16H2,1-4H3. The average molecular weight is 335 g/mol. The zero-order valence-corrected chi connectivity index (χ0v) is 14.3. The third-order valence-electron chi connectivity index (χ3n) is 3.15. The van der Waals surface area contributed by atoms with Gasteiger partial charge >= 0.3 is 0 Å². The Balaban J connectivity index is 2.98. The Hall–Kier alpha value is -0.820. The summed E-state index contributed by atoms with van der Waals surface area (Å²) < 4.78 is 27.1. The number of benzene rings is 1. The first-order valence-corrected chi connectivity index (χ1v) is 8.58. The molecule has 0 aliphatic rings. The largest absolute Gasteiger partial charge is 0.398 e. The molecule has 120 valence electrons. The summed E-state index contributed by atoms with van der Waals surface area (Å²) in [7, 11) is -3.78. The number of nitrogens with one attached hydrogen (secondary N) is 1. The Kier molecular flexibility index (Phi) is 5.66. The lowest BCUT2D eigenvalue weighted by Gasteiger charge is -2.25. The van der Waals surface area contributed by atoms with Crippen molar-refractivity contribution < 1.29 is 13.5 Å². The molecule has 1 aromatic carbocycles. The molecular formula is C14H23ClN2O3S. The van der Waals surface area contributed by atoms with Gasteiger partial charge in [-0.15, -0.1) is 0 Å². The highest BCUT2D eigenvalue weighted by Crippen LogP contribution is 2.26. The molecule has 0 saturated heterocycles. The summed E-state index contributed by atoms with van der Waals surface area (Å²) in [6.45, 7) is 7.08. The molecule has 0 aromatic heterocycles. The second kappa shape index (κ2) is 6.52. The fourth-order valence-electron chi connectivity index (χ4n) is 2.23. The van der Waals surface area contributed by atoms with Crippen LogP contribution in [-0.4, -0.2) is 25.7 Å². The number of hydrogen-bond acceptors (Lipinski definition) is 4. The number of rotatable bonds is 6. The molecule has 21 heavy (non-hydrogen) atoms. The summed E-state index contributed by atoms with van der Waals surface area (Å²) in [4.78, 5) is 0.0350. The molecule has 1 unspecified atom stereocenters. The summed E-state index contributed by atoms with van der Waals surface area (Å²) in [5.74, 6) is 0.257. The van der Waals surface area contributed by atoms with Crippen molar-refractivity contribution in [3.63, 3.8) is 0 Å². The molecule has 1 atom stereocenters. The molecule has 1 aromatic rings. The van der Waals surface area contributed by atoms with E-state index in [1.165, 1.54) is 12.1 Å². The van der Waals surface area contributed by atoms with Gasteiger partial charge in [0.05, 0.1) is 10.5 Å². The van der Waals surface area contributed by atoms with Crippen molar-refractivity contribution in [2.24, 2.45) is 5.92 Å². The highest BCUT2D eigenvalue weighted by atomic mass is 35.5. The molecule has 0 aliphatic heterocycles. The molecule has 0 radical (unpaired) electrons. The summed E-state index contributed by atoms with van der Waals surface area (Å²) in [6, 6.07) is 2.86. The molecule has 0 aliphatic carbocycles. The number of halogens is 1. The quantitative estimate of drug-likeness (QED) is 0.696. The first kappa shape index (κ1) is 18.2. The van der Waals surface area contributed by atoms with Crippen LogP contribution < -0.4 is 10.5 Å². The lowest BCUT2D eigenvalue weighted by atomic mass is 9.95. The molecule has 4 N–H and O–H groups in total. The molecule has 0 fully saturated rings. The number of hydrogen-bond donors (Lipinski definition) is 3. The third-order valence-corrected chi connectivity index (χ3v) is 4.89. The van der Waals surface area contributed by atoms with Crippen molar-refractivity contribution in [1.29, 1.82) is 0 Å². The van der Waals surface area contributed by atoms with Crippen LogP contribution in [0.1, 0.15) is 32.8 Å². The molecule has 0 bridgehead atoms. The van der Waals surface area contributed by atoms with Crippen LogP contribution in [-0.2, 0) is 10.0 Å². The normalized spacial score (nSPS) is 15.2. The number of nitrogen functional groups attached to an aromatic ring is 1. The SMILES string of the molecule is Cc1c(N)cc(Cl)cc1S(=O)(=O)NCC(C)(O)CC(C)C. The number of anilines is 1. The van der Waals surface area contributed by atoms with E-state index >= 15 is 0 Å². The number of nitrogens with two attached hydrogens (primary N) is 1. The minimum absolute atomic E-state index is 0.0350. The van der Waals surface area contributed by atoms with E-state index < -0.39 is 15.6 Å². The lowest BCUT2D eigenvalue weighted by molar-refractivity contribution is 0.0437. The Labute approximate surface area is 131 Å². The molecule has 5 nitrogen and oxygen atoms in total. The Morgan fingerprint density at radius 3 is 2.52 bits per heavy atom. The van der Waals surface area contributed by atoms with Crippen molar-refractivity contribution in [3.8, 4) is 0 Å². The average Bonchev–Trinajstić information content (AvgIpc) is 2.30. The molecular weight excluding hydrogens is 312 g/mol. The van der Waals surface area contributed by atoms with Crippen LogP contribution in [0.4, 0.5) is 5.69 Å². The van der Waals surface area contributed by atoms with Crippen molar-refractivity contribution in [2.75, 3.05) is 12.3 Å². The first-order valence-electron chi connectivity index (χ1n) is 6.72. The van der Waals surface area contributed by atoms with Crippen LogP contribution in [0.15, 0.2) is 17.0 Å². The summed E-state index contributed by atoms with van der Waals surface area (Å²) >= 11 is 5.87. The fourth-order valence-corrected chi connectivity index (χ4v) is 3.98. The number of sulfonamides is 1. The first-order chi connectivity index (χ1) is 9.44. The van der Waals surface area contributed by atoms with Gasteiger partial charge in [-0.25, -0.2) is 13.1 Å².